The van der Waals surface area contributed by atoms with Gasteiger partial charge in [0.1, 0.15) is 5.00 Å². The van der Waals surface area contributed by atoms with E-state index in [1.54, 1.807) is 17.5 Å². The summed E-state index contributed by atoms with van der Waals surface area (Å²) in [5.74, 6) is -0.265. The van der Waals surface area contributed by atoms with E-state index in [1.165, 1.54) is 17.7 Å². The van der Waals surface area contributed by atoms with Crippen LogP contribution in [0.3, 0.4) is 0 Å². The van der Waals surface area contributed by atoms with Gasteiger partial charge in [0.15, 0.2) is 5.11 Å². The maximum absolute atomic E-state index is 12.8. The number of hydrogen-bond acceptors (Lipinski definition) is 5. The van der Waals surface area contributed by atoms with E-state index in [0.717, 1.165) is 54.0 Å². The van der Waals surface area contributed by atoms with Gasteiger partial charge < -0.3 is 15.4 Å². The van der Waals surface area contributed by atoms with Crippen LogP contribution in [0.5, 0.6) is 0 Å². The molecule has 0 amide bonds. The lowest BCUT2D eigenvalue weighted by molar-refractivity contribution is 0.0526. The maximum Gasteiger partial charge on any atom is 0.341 e. The summed E-state index contributed by atoms with van der Waals surface area (Å²) in [5.41, 5.74) is 3.84. The molecule has 2 heterocycles. The van der Waals surface area contributed by atoms with Gasteiger partial charge in [-0.15, -0.1) is 11.3 Å². The first kappa shape index (κ1) is 22.5. The number of aromatic nitrogens is 2. The molecular weight excluding hydrogens is 440 g/mol. The number of thiocarbonyl (C=S) groups is 1. The average molecular weight is 469 g/mol. The number of carbonyl (C=O) groups is 1. The van der Waals surface area contributed by atoms with Gasteiger partial charge in [-0.1, -0.05) is 25.0 Å². The van der Waals surface area contributed by atoms with E-state index in [-0.39, 0.29) is 5.97 Å². The van der Waals surface area contributed by atoms with Crippen LogP contribution < -0.4 is 10.6 Å². The number of esters is 1. The van der Waals surface area contributed by atoms with Crippen molar-refractivity contribution >= 4 is 45.3 Å². The summed E-state index contributed by atoms with van der Waals surface area (Å²) in [5, 5.41) is 12.0. The van der Waals surface area contributed by atoms with Crippen LogP contribution in [0.4, 0.5) is 10.7 Å². The number of aryl methyl sites for hydroxylation is 1. The van der Waals surface area contributed by atoms with E-state index in [9.17, 15) is 4.79 Å². The Morgan fingerprint density at radius 1 is 1.16 bits per heavy atom. The van der Waals surface area contributed by atoms with Gasteiger partial charge in [-0.05, 0) is 74.2 Å². The van der Waals surface area contributed by atoms with Crippen molar-refractivity contribution in [2.24, 2.45) is 0 Å². The van der Waals surface area contributed by atoms with E-state index in [1.807, 2.05) is 48.1 Å². The van der Waals surface area contributed by atoms with Gasteiger partial charge in [-0.2, -0.15) is 5.10 Å². The van der Waals surface area contributed by atoms with E-state index >= 15 is 0 Å². The molecule has 0 atom stereocenters. The zero-order chi connectivity index (χ0) is 22.3. The van der Waals surface area contributed by atoms with Crippen LogP contribution in [0.1, 0.15) is 59.0 Å². The molecule has 2 aromatic heterocycles. The van der Waals surface area contributed by atoms with Crippen molar-refractivity contribution in [3.63, 3.8) is 0 Å². The summed E-state index contributed by atoms with van der Waals surface area (Å²) in [4.78, 5) is 14.1. The summed E-state index contributed by atoms with van der Waals surface area (Å²) in [7, 11) is 0. The zero-order valence-electron chi connectivity index (χ0n) is 18.2. The monoisotopic (exact) mass is 468 g/mol. The van der Waals surface area contributed by atoms with Crippen molar-refractivity contribution in [2.45, 2.75) is 52.0 Å². The molecule has 0 unspecified atom stereocenters. The Kier molecular flexibility index (Phi) is 7.55. The highest BCUT2D eigenvalue weighted by atomic mass is 32.1. The predicted octanol–water partition coefficient (Wildman–Crippen LogP) is 5.64. The van der Waals surface area contributed by atoms with Crippen LogP contribution in [0.25, 0.3) is 0 Å². The molecule has 1 aromatic carbocycles. The molecule has 0 bridgehead atoms. The first-order chi connectivity index (χ1) is 15.6. The van der Waals surface area contributed by atoms with Crippen molar-refractivity contribution < 1.29 is 9.53 Å². The van der Waals surface area contributed by atoms with Crippen molar-refractivity contribution in [3.05, 3.63) is 64.3 Å². The molecule has 6 nitrogen and oxygen atoms in total. The smallest absolute Gasteiger partial charge is 0.341 e. The zero-order valence-corrected chi connectivity index (χ0v) is 19.9. The maximum atomic E-state index is 12.8. The summed E-state index contributed by atoms with van der Waals surface area (Å²) in [6.45, 7) is 2.92. The molecule has 0 aliphatic heterocycles. The van der Waals surface area contributed by atoms with E-state index in [2.05, 4.69) is 15.7 Å². The number of nitrogens with zero attached hydrogens (tertiary/aromatic N) is 2. The standard InChI is InChI=1S/C24H28N4O2S2/c1-2-30-23(29)21-19-8-5-3-4-6-9-20(19)32-22(21)27-24(31)26-18-12-10-17(11-13-18)16-28-15-7-14-25-28/h7,10-15H,2-6,8-9,16H2,1H3,(H2,26,27,31). The molecule has 3 aromatic rings. The molecule has 4 rings (SSSR count). The lowest BCUT2D eigenvalue weighted by atomic mass is 9.96. The van der Waals surface area contributed by atoms with Crippen LogP contribution in [0.15, 0.2) is 42.7 Å². The number of benzene rings is 1. The van der Waals surface area contributed by atoms with Crippen LogP contribution in [-0.4, -0.2) is 27.5 Å². The van der Waals surface area contributed by atoms with Gasteiger partial charge in [0, 0.05) is 23.0 Å². The number of nitrogens with one attached hydrogen (secondary N) is 2. The Morgan fingerprint density at radius 3 is 2.66 bits per heavy atom. The van der Waals surface area contributed by atoms with E-state index < -0.39 is 0 Å². The largest absolute Gasteiger partial charge is 0.462 e. The van der Waals surface area contributed by atoms with Gasteiger partial charge in [0.25, 0.3) is 0 Å². The third-order valence-electron chi connectivity index (χ3n) is 5.49. The fourth-order valence-electron chi connectivity index (χ4n) is 3.97. The lowest BCUT2D eigenvalue weighted by Crippen LogP contribution is -2.20. The van der Waals surface area contributed by atoms with Crippen LogP contribution >= 0.6 is 23.6 Å². The second kappa shape index (κ2) is 10.7. The van der Waals surface area contributed by atoms with Gasteiger partial charge in [-0.3, -0.25) is 4.68 Å². The Morgan fingerprint density at radius 2 is 1.94 bits per heavy atom. The molecule has 2 N–H and O–H groups in total. The predicted molar refractivity (Wildman–Crippen MR) is 134 cm³/mol. The lowest BCUT2D eigenvalue weighted by Gasteiger charge is -2.13. The average Bonchev–Trinajstić information content (AvgIpc) is 3.37. The van der Waals surface area contributed by atoms with Crippen molar-refractivity contribution in [1.29, 1.82) is 0 Å². The Balaban J connectivity index is 1.47. The molecule has 168 valence electrons. The summed E-state index contributed by atoms with van der Waals surface area (Å²) < 4.78 is 7.26. The Hall–Kier alpha value is -2.71. The first-order valence-corrected chi connectivity index (χ1v) is 12.3. The molecular formula is C24H28N4O2S2. The summed E-state index contributed by atoms with van der Waals surface area (Å²) >= 11 is 7.20. The molecule has 0 spiro atoms. The van der Waals surface area contributed by atoms with Gasteiger partial charge in [0.05, 0.1) is 18.7 Å². The van der Waals surface area contributed by atoms with E-state index in [0.29, 0.717) is 17.3 Å². The normalized spacial score (nSPS) is 13.5. The van der Waals surface area contributed by atoms with Gasteiger partial charge >= 0.3 is 5.97 Å². The molecule has 0 saturated carbocycles. The second-order valence-electron chi connectivity index (χ2n) is 7.82. The number of carbonyl (C=O) groups excluding carboxylic acids is 1. The number of thiophene rings is 1. The molecule has 32 heavy (non-hydrogen) atoms. The topological polar surface area (TPSA) is 68.2 Å². The van der Waals surface area contributed by atoms with Gasteiger partial charge in [-0.25, -0.2) is 4.79 Å². The molecule has 1 aliphatic rings. The summed E-state index contributed by atoms with van der Waals surface area (Å²) in [6, 6.07) is 10.00. The number of anilines is 2. The minimum atomic E-state index is -0.265. The number of ether oxygens (including phenoxy) is 1. The third kappa shape index (κ3) is 5.55. The molecule has 0 fully saturated rings. The fraction of sp³-hybridized carbons (Fsp3) is 0.375. The fourth-order valence-corrected chi connectivity index (χ4v) is 5.53. The van der Waals surface area contributed by atoms with E-state index in [4.69, 9.17) is 17.0 Å². The van der Waals surface area contributed by atoms with Crippen LogP contribution in [0.2, 0.25) is 0 Å². The number of rotatable bonds is 6. The van der Waals surface area contributed by atoms with Crippen LogP contribution in [0, 0.1) is 0 Å². The molecule has 0 saturated heterocycles. The highest BCUT2D eigenvalue weighted by Gasteiger charge is 2.25. The van der Waals surface area contributed by atoms with Crippen molar-refractivity contribution in [3.8, 4) is 0 Å². The van der Waals surface area contributed by atoms with Gasteiger partial charge in [0.2, 0.25) is 0 Å². The minimum absolute atomic E-state index is 0.265. The first-order valence-electron chi connectivity index (χ1n) is 11.1. The highest BCUT2D eigenvalue weighted by molar-refractivity contribution is 7.80. The number of fused-ring (bicyclic) bond motifs is 1. The summed E-state index contributed by atoms with van der Waals surface area (Å²) in [6.07, 6.45) is 10.3. The SMILES string of the molecule is CCOC(=O)c1c(NC(=S)Nc2ccc(Cn3cccn3)cc2)sc2c1CCCCCC2. The molecule has 0 radical (unpaired) electrons. The van der Waals surface area contributed by atoms with Crippen molar-refractivity contribution in [1.82, 2.24) is 9.78 Å². The Labute approximate surface area is 198 Å². The minimum Gasteiger partial charge on any atom is -0.462 e. The highest BCUT2D eigenvalue weighted by Crippen LogP contribution is 2.37. The second-order valence-corrected chi connectivity index (χ2v) is 9.34. The Bertz CT molecular complexity index is 1060. The quantitative estimate of drug-likeness (QED) is 0.361. The van der Waals surface area contributed by atoms with Crippen molar-refractivity contribution in [2.75, 3.05) is 17.2 Å². The number of hydrogen-bond donors (Lipinski definition) is 2. The molecule has 1 aliphatic carbocycles. The third-order valence-corrected chi connectivity index (χ3v) is 6.90. The van der Waals surface area contributed by atoms with Crippen LogP contribution in [-0.2, 0) is 24.1 Å². The molecule has 8 heteroatoms.